The van der Waals surface area contributed by atoms with Gasteiger partial charge in [0.1, 0.15) is 0 Å². The van der Waals surface area contributed by atoms with Gasteiger partial charge in [0.25, 0.3) is 5.69 Å². The normalized spacial score (nSPS) is 11.3. The lowest BCUT2D eigenvalue weighted by molar-refractivity contribution is -0.384. The average molecular weight is 234 g/mol. The van der Waals surface area contributed by atoms with Crippen LogP contribution in [0.3, 0.4) is 0 Å². The molecule has 0 aliphatic rings. The molecule has 0 spiro atoms. The van der Waals surface area contributed by atoms with Crippen LogP contribution in [0.2, 0.25) is 0 Å². The zero-order valence-electron chi connectivity index (χ0n) is 9.12. The Morgan fingerprint density at radius 3 is 2.53 bits per heavy atom. The van der Waals surface area contributed by atoms with Crippen LogP contribution in [0.25, 0.3) is 0 Å². The Morgan fingerprint density at radius 2 is 2.12 bits per heavy atom. The molecule has 1 atom stereocenters. The van der Waals surface area contributed by atoms with E-state index in [1.54, 1.807) is 0 Å². The van der Waals surface area contributed by atoms with Gasteiger partial charge in [-0.3, -0.25) is 14.9 Å². The van der Waals surface area contributed by atoms with Crippen LogP contribution >= 0.6 is 0 Å². The van der Waals surface area contributed by atoms with E-state index in [0.717, 1.165) is 0 Å². The maximum absolute atomic E-state index is 11.0. The molecule has 6 heteroatoms. The van der Waals surface area contributed by atoms with Crippen LogP contribution in [0.1, 0.15) is 17.9 Å². The summed E-state index contributed by atoms with van der Waals surface area (Å²) in [5.41, 5.74) is 0.506. The van der Waals surface area contributed by atoms with Crippen molar-refractivity contribution in [1.82, 2.24) is 0 Å². The molecule has 0 bridgehead atoms. The predicted octanol–water partition coefficient (Wildman–Crippen LogP) is 1.77. The van der Waals surface area contributed by atoms with Gasteiger partial charge in [-0.25, -0.2) is 0 Å². The summed E-state index contributed by atoms with van der Waals surface area (Å²) in [6.07, 6.45) is -0.0647. The number of nitrogens with zero attached hydrogens (tertiary/aromatic N) is 2. The average Bonchev–Trinajstić information content (AvgIpc) is 2.35. The summed E-state index contributed by atoms with van der Waals surface area (Å²) in [4.78, 5) is 21.0. The minimum absolute atomic E-state index is 0.0523. The highest BCUT2D eigenvalue weighted by atomic mass is 16.6. The van der Waals surface area contributed by atoms with Gasteiger partial charge in [-0.15, -0.1) is 0 Å². The number of benzene rings is 1. The highest BCUT2D eigenvalue weighted by Gasteiger charge is 2.16. The topological polar surface area (TPSA) is 93.2 Å². The van der Waals surface area contributed by atoms with E-state index in [4.69, 9.17) is 5.26 Å². The first kappa shape index (κ1) is 12.6. The van der Waals surface area contributed by atoms with Crippen molar-refractivity contribution in [2.24, 2.45) is 0 Å². The number of esters is 1. The zero-order chi connectivity index (χ0) is 12.8. The number of carbonyl (C=O) groups is 1. The van der Waals surface area contributed by atoms with Crippen molar-refractivity contribution in [2.45, 2.75) is 12.3 Å². The number of nitro groups is 1. The van der Waals surface area contributed by atoms with Crippen LogP contribution in [0.4, 0.5) is 5.69 Å². The maximum Gasteiger partial charge on any atom is 0.307 e. The molecule has 6 nitrogen and oxygen atoms in total. The first-order valence-electron chi connectivity index (χ1n) is 4.79. The van der Waals surface area contributed by atoms with Crippen molar-refractivity contribution in [2.75, 3.05) is 7.11 Å². The maximum atomic E-state index is 11.0. The second kappa shape index (κ2) is 5.61. The van der Waals surface area contributed by atoms with E-state index in [-0.39, 0.29) is 12.1 Å². The van der Waals surface area contributed by atoms with Crippen LogP contribution < -0.4 is 0 Å². The Hall–Kier alpha value is -2.42. The summed E-state index contributed by atoms with van der Waals surface area (Å²) in [6.45, 7) is 0. The molecule has 0 amide bonds. The second-order valence-corrected chi connectivity index (χ2v) is 3.31. The zero-order valence-corrected chi connectivity index (χ0v) is 9.12. The van der Waals surface area contributed by atoms with Crippen molar-refractivity contribution in [3.63, 3.8) is 0 Å². The Labute approximate surface area is 97.6 Å². The number of non-ortho nitro benzene ring substituents is 1. The fourth-order valence-corrected chi connectivity index (χ4v) is 1.32. The van der Waals surface area contributed by atoms with Gasteiger partial charge in [0.15, 0.2) is 0 Å². The summed E-state index contributed by atoms with van der Waals surface area (Å²) in [5, 5.41) is 19.4. The summed E-state index contributed by atoms with van der Waals surface area (Å²) < 4.78 is 4.47. The first-order valence-corrected chi connectivity index (χ1v) is 4.79. The molecule has 1 unspecified atom stereocenters. The molecule has 1 rings (SSSR count). The predicted molar refractivity (Wildman–Crippen MR) is 58.1 cm³/mol. The van der Waals surface area contributed by atoms with E-state index >= 15 is 0 Å². The quantitative estimate of drug-likeness (QED) is 0.449. The molecule has 1 aromatic carbocycles. The summed E-state index contributed by atoms with van der Waals surface area (Å²) in [5.74, 6) is -1.14. The highest BCUT2D eigenvalue weighted by Crippen LogP contribution is 2.22. The van der Waals surface area contributed by atoms with Crippen LogP contribution in [0.15, 0.2) is 24.3 Å². The van der Waals surface area contributed by atoms with Crippen molar-refractivity contribution in [3.05, 3.63) is 39.9 Å². The highest BCUT2D eigenvalue weighted by molar-refractivity contribution is 5.71. The number of carbonyl (C=O) groups excluding carboxylic acids is 1. The SMILES string of the molecule is COC(=O)CC(C#N)c1ccc([N+](=O)[O-])cc1. The molecule has 0 heterocycles. The fraction of sp³-hybridized carbons (Fsp3) is 0.273. The van der Waals surface area contributed by atoms with Crippen LogP contribution in [-0.4, -0.2) is 18.0 Å². The van der Waals surface area contributed by atoms with E-state index in [1.165, 1.54) is 31.4 Å². The molecule has 0 aromatic heterocycles. The summed E-state index contributed by atoms with van der Waals surface area (Å²) in [6, 6.07) is 7.50. The number of hydrogen-bond acceptors (Lipinski definition) is 5. The molecule has 0 aliphatic carbocycles. The summed E-state index contributed by atoms with van der Waals surface area (Å²) in [7, 11) is 1.24. The third-order valence-corrected chi connectivity index (χ3v) is 2.26. The third kappa shape index (κ3) is 3.28. The number of hydrogen-bond donors (Lipinski definition) is 0. The molecular formula is C11H10N2O4. The van der Waals surface area contributed by atoms with E-state index in [1.807, 2.05) is 6.07 Å². The van der Waals surface area contributed by atoms with E-state index in [9.17, 15) is 14.9 Å². The van der Waals surface area contributed by atoms with E-state index in [2.05, 4.69) is 4.74 Å². The van der Waals surface area contributed by atoms with Crippen LogP contribution in [0.5, 0.6) is 0 Å². The lowest BCUT2D eigenvalue weighted by atomic mass is 9.97. The van der Waals surface area contributed by atoms with Gasteiger partial charge in [-0.2, -0.15) is 5.26 Å². The standard InChI is InChI=1S/C11H10N2O4/c1-17-11(14)6-9(7-12)8-2-4-10(5-3-8)13(15)16/h2-5,9H,6H2,1H3. The molecule has 0 saturated heterocycles. The molecule has 0 saturated carbocycles. The Balaban J connectivity index is 2.87. The Morgan fingerprint density at radius 1 is 1.53 bits per heavy atom. The molecule has 1 aromatic rings. The van der Waals surface area contributed by atoms with Crippen molar-refractivity contribution >= 4 is 11.7 Å². The minimum Gasteiger partial charge on any atom is -0.469 e. The van der Waals surface area contributed by atoms with Gasteiger partial charge in [-0.05, 0) is 5.56 Å². The number of rotatable bonds is 4. The van der Waals surface area contributed by atoms with Crippen molar-refractivity contribution < 1.29 is 14.5 Å². The van der Waals surface area contributed by atoms with Crippen molar-refractivity contribution in [1.29, 1.82) is 5.26 Å². The van der Waals surface area contributed by atoms with Gasteiger partial charge < -0.3 is 4.74 Å². The molecule has 0 aliphatic heterocycles. The van der Waals surface area contributed by atoms with Crippen LogP contribution in [-0.2, 0) is 9.53 Å². The first-order chi connectivity index (χ1) is 8.08. The summed E-state index contributed by atoms with van der Waals surface area (Å²) >= 11 is 0. The fourth-order valence-electron chi connectivity index (χ4n) is 1.32. The Bertz CT molecular complexity index is 461. The minimum atomic E-state index is -0.650. The van der Waals surface area contributed by atoms with Gasteiger partial charge in [-0.1, -0.05) is 12.1 Å². The van der Waals surface area contributed by atoms with E-state index in [0.29, 0.717) is 5.56 Å². The van der Waals surface area contributed by atoms with E-state index < -0.39 is 16.8 Å². The lowest BCUT2D eigenvalue weighted by Crippen LogP contribution is -2.07. The molecule has 17 heavy (non-hydrogen) atoms. The molecule has 88 valence electrons. The Kier molecular flexibility index (Phi) is 4.17. The second-order valence-electron chi connectivity index (χ2n) is 3.31. The molecule has 0 fully saturated rings. The number of nitro benzene ring substituents is 1. The smallest absolute Gasteiger partial charge is 0.307 e. The molecular weight excluding hydrogens is 224 g/mol. The van der Waals surface area contributed by atoms with Crippen LogP contribution in [0, 0.1) is 21.4 Å². The van der Waals surface area contributed by atoms with Gasteiger partial charge in [0.2, 0.25) is 0 Å². The largest absolute Gasteiger partial charge is 0.469 e. The van der Waals surface area contributed by atoms with Crippen molar-refractivity contribution in [3.8, 4) is 6.07 Å². The monoisotopic (exact) mass is 234 g/mol. The van der Waals surface area contributed by atoms with Gasteiger partial charge in [0, 0.05) is 12.1 Å². The number of nitriles is 1. The lowest BCUT2D eigenvalue weighted by Gasteiger charge is -2.07. The molecule has 0 radical (unpaired) electrons. The van der Waals surface area contributed by atoms with Gasteiger partial charge >= 0.3 is 5.97 Å². The van der Waals surface area contributed by atoms with Gasteiger partial charge in [0.05, 0.1) is 30.4 Å². The number of methoxy groups -OCH3 is 1. The number of ether oxygens (including phenoxy) is 1. The third-order valence-electron chi connectivity index (χ3n) is 2.26. The molecule has 0 N–H and O–H groups in total.